The highest BCUT2D eigenvalue weighted by Crippen LogP contribution is 2.34. The van der Waals surface area contributed by atoms with Gasteiger partial charge in [-0.1, -0.05) is 27.2 Å². The smallest absolute Gasteiger partial charge is 0.0674 e. The van der Waals surface area contributed by atoms with Crippen molar-refractivity contribution in [3.05, 3.63) is 0 Å². The van der Waals surface area contributed by atoms with Gasteiger partial charge in [0.1, 0.15) is 0 Å². The number of likely N-dealkylation sites (tertiary alicyclic amines) is 1. The number of hydrogen-bond donors (Lipinski definition) is 1. The first-order chi connectivity index (χ1) is 7.16. The van der Waals surface area contributed by atoms with Crippen LogP contribution in [0.4, 0.5) is 0 Å². The summed E-state index contributed by atoms with van der Waals surface area (Å²) in [4.78, 5) is 2.48. The molecule has 0 saturated carbocycles. The monoisotopic (exact) mass is 213 g/mol. The van der Waals surface area contributed by atoms with Gasteiger partial charge >= 0.3 is 0 Å². The van der Waals surface area contributed by atoms with E-state index in [1.54, 1.807) is 0 Å². The van der Waals surface area contributed by atoms with Crippen molar-refractivity contribution in [2.45, 2.75) is 58.5 Å². The zero-order chi connectivity index (χ0) is 11.3. The maximum Gasteiger partial charge on any atom is 0.0674 e. The molecule has 1 rings (SSSR count). The Hall–Kier alpha value is -0.0800. The Balaban J connectivity index is 2.49. The second-order valence-electron chi connectivity index (χ2n) is 4.92. The fourth-order valence-electron chi connectivity index (χ4n) is 2.89. The second-order valence-corrected chi connectivity index (χ2v) is 4.92. The summed E-state index contributed by atoms with van der Waals surface area (Å²) < 4.78 is 0. The Morgan fingerprint density at radius 1 is 1.20 bits per heavy atom. The van der Waals surface area contributed by atoms with Crippen molar-refractivity contribution in [3.63, 3.8) is 0 Å². The molecular formula is C13H27NO. The van der Waals surface area contributed by atoms with E-state index in [0.717, 1.165) is 25.8 Å². The highest BCUT2D eigenvalue weighted by molar-refractivity contribution is 4.88. The number of piperidine rings is 1. The fourth-order valence-corrected chi connectivity index (χ4v) is 2.89. The molecule has 90 valence electrons. The van der Waals surface area contributed by atoms with Gasteiger partial charge in [0.2, 0.25) is 0 Å². The van der Waals surface area contributed by atoms with Crippen molar-refractivity contribution < 1.29 is 5.11 Å². The van der Waals surface area contributed by atoms with E-state index in [1.807, 2.05) is 0 Å². The van der Waals surface area contributed by atoms with Gasteiger partial charge in [0.25, 0.3) is 0 Å². The van der Waals surface area contributed by atoms with Crippen molar-refractivity contribution in [2.75, 3.05) is 19.6 Å². The minimum atomic E-state index is -0.380. The number of rotatable bonds is 5. The summed E-state index contributed by atoms with van der Waals surface area (Å²) in [5.74, 6) is 0.533. The molecule has 0 radical (unpaired) electrons. The van der Waals surface area contributed by atoms with Crippen molar-refractivity contribution in [1.29, 1.82) is 0 Å². The summed E-state index contributed by atoms with van der Waals surface area (Å²) in [6.45, 7) is 10.0. The summed E-state index contributed by atoms with van der Waals surface area (Å²) in [5.41, 5.74) is -0.380. The molecule has 1 heterocycles. The van der Waals surface area contributed by atoms with Crippen LogP contribution in [-0.4, -0.2) is 35.2 Å². The van der Waals surface area contributed by atoms with Gasteiger partial charge in [-0.2, -0.15) is 0 Å². The SMILES string of the molecule is CCCC(O)(CC)C1CCN(CC)CC1. The lowest BCUT2D eigenvalue weighted by Crippen LogP contribution is -2.44. The predicted molar refractivity (Wildman–Crippen MR) is 65.0 cm³/mol. The zero-order valence-electron chi connectivity index (χ0n) is 10.6. The quantitative estimate of drug-likeness (QED) is 0.759. The molecule has 0 amide bonds. The Morgan fingerprint density at radius 3 is 2.20 bits per heavy atom. The summed E-state index contributed by atoms with van der Waals surface area (Å²) in [7, 11) is 0. The van der Waals surface area contributed by atoms with E-state index < -0.39 is 0 Å². The van der Waals surface area contributed by atoms with Crippen LogP contribution in [0.3, 0.4) is 0 Å². The first-order valence-corrected chi connectivity index (χ1v) is 6.61. The largest absolute Gasteiger partial charge is 0.390 e. The van der Waals surface area contributed by atoms with Gasteiger partial charge in [-0.25, -0.2) is 0 Å². The molecule has 1 aliphatic heterocycles. The van der Waals surface area contributed by atoms with Crippen LogP contribution in [0.15, 0.2) is 0 Å². The van der Waals surface area contributed by atoms with Gasteiger partial charge < -0.3 is 10.0 Å². The highest BCUT2D eigenvalue weighted by Gasteiger charge is 2.35. The third-order valence-electron chi connectivity index (χ3n) is 4.09. The molecule has 0 spiro atoms. The first-order valence-electron chi connectivity index (χ1n) is 6.61. The summed E-state index contributed by atoms with van der Waals surface area (Å²) in [6.07, 6.45) is 5.34. The molecular weight excluding hydrogens is 186 g/mol. The minimum Gasteiger partial charge on any atom is -0.390 e. The van der Waals surface area contributed by atoms with E-state index in [1.165, 1.54) is 25.9 Å². The molecule has 15 heavy (non-hydrogen) atoms. The Kier molecular flexibility index (Phi) is 5.07. The topological polar surface area (TPSA) is 23.5 Å². The van der Waals surface area contributed by atoms with E-state index in [9.17, 15) is 5.11 Å². The first kappa shape index (κ1) is 13.0. The Bertz CT molecular complexity index is 175. The highest BCUT2D eigenvalue weighted by atomic mass is 16.3. The molecule has 1 N–H and O–H groups in total. The average molecular weight is 213 g/mol. The molecule has 0 bridgehead atoms. The van der Waals surface area contributed by atoms with Crippen LogP contribution < -0.4 is 0 Å². The Morgan fingerprint density at radius 2 is 1.80 bits per heavy atom. The molecule has 2 heteroatoms. The number of nitrogens with zero attached hydrogens (tertiary/aromatic N) is 1. The molecule has 2 nitrogen and oxygen atoms in total. The molecule has 1 saturated heterocycles. The van der Waals surface area contributed by atoms with Crippen LogP contribution in [0.1, 0.15) is 52.9 Å². The van der Waals surface area contributed by atoms with Gasteiger partial charge in [0.15, 0.2) is 0 Å². The molecule has 1 aliphatic rings. The van der Waals surface area contributed by atoms with E-state index in [2.05, 4.69) is 25.7 Å². The number of hydrogen-bond acceptors (Lipinski definition) is 2. The predicted octanol–water partition coefficient (Wildman–Crippen LogP) is 2.66. The summed E-state index contributed by atoms with van der Waals surface area (Å²) in [5, 5.41) is 10.6. The van der Waals surface area contributed by atoms with Crippen molar-refractivity contribution in [1.82, 2.24) is 4.90 Å². The fraction of sp³-hybridized carbons (Fsp3) is 1.00. The van der Waals surface area contributed by atoms with E-state index >= 15 is 0 Å². The van der Waals surface area contributed by atoms with Crippen LogP contribution in [-0.2, 0) is 0 Å². The van der Waals surface area contributed by atoms with Crippen LogP contribution in [0.25, 0.3) is 0 Å². The van der Waals surface area contributed by atoms with Crippen LogP contribution in [0, 0.1) is 5.92 Å². The summed E-state index contributed by atoms with van der Waals surface area (Å²) in [6, 6.07) is 0. The van der Waals surface area contributed by atoms with Crippen LogP contribution in [0.5, 0.6) is 0 Å². The van der Waals surface area contributed by atoms with Crippen molar-refractivity contribution >= 4 is 0 Å². The molecule has 1 atom stereocenters. The van der Waals surface area contributed by atoms with Crippen molar-refractivity contribution in [3.8, 4) is 0 Å². The third-order valence-corrected chi connectivity index (χ3v) is 4.09. The molecule has 0 aromatic heterocycles. The lowest BCUT2D eigenvalue weighted by molar-refractivity contribution is -0.0524. The molecule has 0 aromatic carbocycles. The van der Waals surface area contributed by atoms with E-state index in [0.29, 0.717) is 5.92 Å². The zero-order valence-corrected chi connectivity index (χ0v) is 10.6. The third kappa shape index (κ3) is 3.18. The normalized spacial score (nSPS) is 24.0. The Labute approximate surface area is 94.7 Å². The second kappa shape index (κ2) is 5.86. The molecule has 1 fully saturated rings. The van der Waals surface area contributed by atoms with Gasteiger partial charge in [0.05, 0.1) is 5.60 Å². The standard InChI is InChI=1S/C13H27NO/c1-4-9-13(15,5-2)12-7-10-14(6-3)11-8-12/h12,15H,4-11H2,1-3H3. The lowest BCUT2D eigenvalue weighted by Gasteiger charge is -2.41. The number of aliphatic hydroxyl groups is 1. The van der Waals surface area contributed by atoms with E-state index in [-0.39, 0.29) is 5.60 Å². The molecule has 0 aliphatic carbocycles. The van der Waals surface area contributed by atoms with Crippen LogP contribution >= 0.6 is 0 Å². The minimum absolute atomic E-state index is 0.380. The van der Waals surface area contributed by atoms with Crippen molar-refractivity contribution in [2.24, 2.45) is 5.92 Å². The van der Waals surface area contributed by atoms with Gasteiger partial charge in [-0.3, -0.25) is 0 Å². The lowest BCUT2D eigenvalue weighted by atomic mass is 9.76. The average Bonchev–Trinajstić information content (AvgIpc) is 2.29. The van der Waals surface area contributed by atoms with Gasteiger partial charge in [-0.05, 0) is 51.2 Å². The van der Waals surface area contributed by atoms with E-state index in [4.69, 9.17) is 0 Å². The molecule has 0 aromatic rings. The maximum absolute atomic E-state index is 10.6. The van der Waals surface area contributed by atoms with Crippen LogP contribution in [0.2, 0.25) is 0 Å². The summed E-state index contributed by atoms with van der Waals surface area (Å²) >= 11 is 0. The van der Waals surface area contributed by atoms with Gasteiger partial charge in [0, 0.05) is 0 Å². The maximum atomic E-state index is 10.6. The van der Waals surface area contributed by atoms with Gasteiger partial charge in [-0.15, -0.1) is 0 Å². The molecule has 1 unspecified atom stereocenters.